The molecular formula is C19H15F2N9. The number of aromatic nitrogens is 8. The molecule has 1 saturated carbocycles. The smallest absolute Gasteiger partial charge is 0.333 e. The molecular weight excluding hydrogens is 392 g/mol. The summed E-state index contributed by atoms with van der Waals surface area (Å²) in [7, 11) is 0. The molecule has 1 aromatic carbocycles. The predicted molar refractivity (Wildman–Crippen MR) is 104 cm³/mol. The Morgan fingerprint density at radius 3 is 2.83 bits per heavy atom. The molecule has 4 heterocycles. The van der Waals surface area contributed by atoms with Crippen LogP contribution in [-0.4, -0.2) is 39.6 Å². The summed E-state index contributed by atoms with van der Waals surface area (Å²) in [6.07, 6.45) is 5.76. The number of rotatable bonds is 4. The summed E-state index contributed by atoms with van der Waals surface area (Å²) in [5, 5.41) is 16.3. The molecule has 0 aliphatic heterocycles. The van der Waals surface area contributed by atoms with E-state index in [4.69, 9.17) is 5.73 Å². The molecule has 0 atom stereocenters. The molecule has 1 aliphatic rings. The van der Waals surface area contributed by atoms with Gasteiger partial charge in [-0.25, -0.2) is 4.98 Å². The lowest BCUT2D eigenvalue weighted by Gasteiger charge is -2.14. The molecule has 3 N–H and O–H groups in total. The number of nitrogens with zero attached hydrogens (tertiary/aromatic N) is 7. The Morgan fingerprint density at radius 1 is 1.13 bits per heavy atom. The van der Waals surface area contributed by atoms with E-state index in [1.807, 2.05) is 10.9 Å². The van der Waals surface area contributed by atoms with Gasteiger partial charge < -0.3 is 10.7 Å². The second-order valence-electron chi connectivity index (χ2n) is 7.38. The zero-order valence-corrected chi connectivity index (χ0v) is 15.5. The van der Waals surface area contributed by atoms with E-state index in [1.165, 1.54) is 18.2 Å². The van der Waals surface area contributed by atoms with E-state index >= 15 is 8.78 Å². The molecule has 0 spiro atoms. The average molecular weight is 407 g/mol. The fourth-order valence-corrected chi connectivity index (χ4v) is 3.50. The van der Waals surface area contributed by atoms with Gasteiger partial charge in [0.1, 0.15) is 0 Å². The van der Waals surface area contributed by atoms with E-state index in [9.17, 15) is 0 Å². The Kier molecular flexibility index (Phi) is 3.30. The van der Waals surface area contributed by atoms with Gasteiger partial charge in [0.2, 0.25) is 5.82 Å². The highest BCUT2D eigenvalue weighted by molar-refractivity contribution is 5.78. The van der Waals surface area contributed by atoms with Gasteiger partial charge in [-0.2, -0.15) is 23.5 Å². The number of alkyl halides is 2. The maximum atomic E-state index is 15.4. The van der Waals surface area contributed by atoms with Crippen LogP contribution in [-0.2, 0) is 5.92 Å². The Morgan fingerprint density at radius 2 is 2.00 bits per heavy atom. The zero-order valence-electron chi connectivity index (χ0n) is 15.5. The van der Waals surface area contributed by atoms with Crippen LogP contribution < -0.4 is 5.73 Å². The molecule has 0 bridgehead atoms. The van der Waals surface area contributed by atoms with E-state index in [1.54, 1.807) is 18.3 Å². The Hall–Kier alpha value is -3.89. The van der Waals surface area contributed by atoms with Crippen molar-refractivity contribution in [3.05, 3.63) is 54.1 Å². The standard InChI is InChI=1S/C19H15F2N9/c20-19(21,11-1-4-14-15(7-11)25-18(22)24-14)17-27-26-16-6-5-13(28-30(16)17)10-8-23-29(9-10)12-2-3-12/h1,4-9,12H,2-3H2,(H3,22,24,25). The van der Waals surface area contributed by atoms with Crippen molar-refractivity contribution in [2.24, 2.45) is 0 Å². The number of hydrogen-bond donors (Lipinski definition) is 2. The summed E-state index contributed by atoms with van der Waals surface area (Å²) in [5.74, 6) is -3.84. The normalized spacial score (nSPS) is 14.7. The molecule has 4 aromatic heterocycles. The lowest BCUT2D eigenvalue weighted by Crippen LogP contribution is -2.20. The average Bonchev–Trinajstić information content (AvgIpc) is 3.15. The van der Waals surface area contributed by atoms with E-state index < -0.39 is 11.7 Å². The second-order valence-corrected chi connectivity index (χ2v) is 7.38. The number of H-pyrrole nitrogens is 1. The van der Waals surface area contributed by atoms with Crippen LogP contribution in [0.2, 0.25) is 0 Å². The number of nitrogens with two attached hydrogens (primary N) is 1. The third-order valence-corrected chi connectivity index (χ3v) is 5.22. The minimum absolute atomic E-state index is 0.163. The molecule has 1 aliphatic carbocycles. The van der Waals surface area contributed by atoms with E-state index in [0.29, 0.717) is 22.8 Å². The molecule has 1 fully saturated rings. The fourth-order valence-electron chi connectivity index (χ4n) is 3.50. The van der Waals surface area contributed by atoms with Crippen LogP contribution in [0.5, 0.6) is 0 Å². The summed E-state index contributed by atoms with van der Waals surface area (Å²) in [6.45, 7) is 0. The summed E-state index contributed by atoms with van der Waals surface area (Å²) in [6, 6.07) is 7.85. The first-order valence-corrected chi connectivity index (χ1v) is 9.40. The lowest BCUT2D eigenvalue weighted by molar-refractivity contribution is 0.0307. The van der Waals surface area contributed by atoms with Crippen LogP contribution in [0.3, 0.4) is 0 Å². The molecule has 30 heavy (non-hydrogen) atoms. The summed E-state index contributed by atoms with van der Waals surface area (Å²) < 4.78 is 33.7. The molecule has 11 heteroatoms. The number of halogens is 2. The van der Waals surface area contributed by atoms with Crippen molar-refractivity contribution < 1.29 is 8.78 Å². The highest BCUT2D eigenvalue weighted by atomic mass is 19.3. The van der Waals surface area contributed by atoms with Gasteiger partial charge in [-0.3, -0.25) is 4.68 Å². The van der Waals surface area contributed by atoms with E-state index in [2.05, 4.69) is 30.4 Å². The summed E-state index contributed by atoms with van der Waals surface area (Å²) >= 11 is 0. The first-order chi connectivity index (χ1) is 14.5. The van der Waals surface area contributed by atoms with Crippen molar-refractivity contribution in [1.82, 2.24) is 39.6 Å². The molecule has 6 rings (SSSR count). The van der Waals surface area contributed by atoms with Gasteiger partial charge in [0, 0.05) is 17.3 Å². The molecule has 9 nitrogen and oxygen atoms in total. The maximum Gasteiger partial charge on any atom is 0.333 e. The zero-order chi connectivity index (χ0) is 20.5. The van der Waals surface area contributed by atoms with Crippen molar-refractivity contribution in [2.45, 2.75) is 24.8 Å². The Labute approximate surface area is 167 Å². The lowest BCUT2D eigenvalue weighted by atomic mass is 10.1. The molecule has 0 amide bonds. The number of aromatic amines is 1. The molecule has 0 unspecified atom stereocenters. The van der Waals surface area contributed by atoms with Gasteiger partial charge in [0.05, 0.1) is 29.0 Å². The van der Waals surface area contributed by atoms with E-state index in [0.717, 1.165) is 22.9 Å². The first kappa shape index (κ1) is 17.0. The fraction of sp³-hybridized carbons (Fsp3) is 0.211. The minimum Gasteiger partial charge on any atom is -0.369 e. The first-order valence-electron chi connectivity index (χ1n) is 9.40. The maximum absolute atomic E-state index is 15.4. The van der Waals surface area contributed by atoms with Crippen molar-refractivity contribution in [1.29, 1.82) is 0 Å². The topological polar surface area (TPSA) is 116 Å². The molecule has 5 aromatic rings. The van der Waals surface area contributed by atoms with Crippen molar-refractivity contribution >= 4 is 22.6 Å². The number of fused-ring (bicyclic) bond motifs is 2. The highest BCUT2D eigenvalue weighted by Crippen LogP contribution is 2.37. The minimum atomic E-state index is -3.43. The van der Waals surface area contributed by atoms with Crippen LogP contribution in [0.1, 0.15) is 30.3 Å². The molecule has 0 saturated heterocycles. The van der Waals surface area contributed by atoms with E-state index in [-0.39, 0.29) is 17.2 Å². The van der Waals surface area contributed by atoms with Gasteiger partial charge in [-0.05, 0) is 37.1 Å². The van der Waals surface area contributed by atoms with Crippen LogP contribution in [0, 0.1) is 0 Å². The highest BCUT2D eigenvalue weighted by Gasteiger charge is 2.40. The van der Waals surface area contributed by atoms with Gasteiger partial charge in [0.15, 0.2) is 11.6 Å². The third-order valence-electron chi connectivity index (χ3n) is 5.22. The Bertz CT molecular complexity index is 1410. The number of imidazole rings is 1. The predicted octanol–water partition coefficient (Wildman–Crippen LogP) is 2.92. The molecule has 150 valence electrons. The monoisotopic (exact) mass is 407 g/mol. The molecule has 0 radical (unpaired) electrons. The van der Waals surface area contributed by atoms with Crippen molar-refractivity contribution in [3.63, 3.8) is 0 Å². The number of hydrogen-bond acceptors (Lipinski definition) is 6. The SMILES string of the molecule is Nc1nc2ccc(C(F)(F)c3nnc4ccc(-c5cnn(C6CC6)c5)nn34)cc2[nH]1. The summed E-state index contributed by atoms with van der Waals surface area (Å²) in [4.78, 5) is 6.80. The van der Waals surface area contributed by atoms with Crippen molar-refractivity contribution in [2.75, 3.05) is 5.73 Å². The number of anilines is 1. The summed E-state index contributed by atoms with van der Waals surface area (Å²) in [5.41, 5.74) is 7.78. The number of nitrogens with one attached hydrogen (secondary N) is 1. The largest absolute Gasteiger partial charge is 0.369 e. The van der Waals surface area contributed by atoms with Crippen LogP contribution in [0.4, 0.5) is 14.7 Å². The van der Waals surface area contributed by atoms with Gasteiger partial charge >= 0.3 is 5.92 Å². The van der Waals surface area contributed by atoms with Gasteiger partial charge in [-0.15, -0.1) is 10.2 Å². The van der Waals surface area contributed by atoms with Crippen LogP contribution >= 0.6 is 0 Å². The number of benzene rings is 1. The Balaban J connectivity index is 1.45. The van der Waals surface area contributed by atoms with Crippen LogP contribution in [0.25, 0.3) is 27.9 Å². The van der Waals surface area contributed by atoms with Crippen molar-refractivity contribution in [3.8, 4) is 11.3 Å². The van der Waals surface area contributed by atoms with Gasteiger partial charge in [0.25, 0.3) is 0 Å². The van der Waals surface area contributed by atoms with Crippen LogP contribution in [0.15, 0.2) is 42.7 Å². The second kappa shape index (κ2) is 5.81. The van der Waals surface area contributed by atoms with Gasteiger partial charge in [-0.1, -0.05) is 6.07 Å². The number of nitrogen functional groups attached to an aromatic ring is 1. The quantitative estimate of drug-likeness (QED) is 0.473. The third kappa shape index (κ3) is 2.55.